The summed E-state index contributed by atoms with van der Waals surface area (Å²) in [5.74, 6) is -0.593. The van der Waals surface area contributed by atoms with Crippen LogP contribution in [0.3, 0.4) is 0 Å². The lowest BCUT2D eigenvalue weighted by Crippen LogP contribution is -2.18. The molecule has 0 aliphatic heterocycles. The monoisotopic (exact) mass is 428 g/mol. The molecule has 0 saturated heterocycles. The number of rotatable bonds is 12. The number of esters is 1. The van der Waals surface area contributed by atoms with Crippen LogP contribution in [0.2, 0.25) is 0 Å². The molecule has 1 aliphatic carbocycles. The Labute approximate surface area is 184 Å². The molecule has 1 unspecified atom stereocenters. The second-order valence-corrected chi connectivity index (χ2v) is 7.48. The molecule has 1 atom stereocenters. The summed E-state index contributed by atoms with van der Waals surface area (Å²) < 4.78 is 16.8. The Hall–Kier alpha value is -2.89. The molecule has 0 aromatic heterocycles. The first kappa shape index (κ1) is 24.4. The van der Waals surface area contributed by atoms with Gasteiger partial charge in [-0.05, 0) is 37.5 Å². The molecular weight excluding hydrogens is 396 g/mol. The second kappa shape index (κ2) is 12.1. The highest BCUT2D eigenvalue weighted by Crippen LogP contribution is 2.42. The third-order valence-corrected chi connectivity index (χ3v) is 5.21. The van der Waals surface area contributed by atoms with Crippen molar-refractivity contribution < 1.29 is 28.6 Å². The predicted molar refractivity (Wildman–Crippen MR) is 119 cm³/mol. The Morgan fingerprint density at radius 2 is 1.68 bits per heavy atom. The van der Waals surface area contributed by atoms with Crippen molar-refractivity contribution in [2.24, 2.45) is 0 Å². The number of fused-ring (bicyclic) bond motifs is 1. The number of methoxy groups -OCH3 is 2. The van der Waals surface area contributed by atoms with Crippen LogP contribution in [-0.4, -0.2) is 31.8 Å². The van der Waals surface area contributed by atoms with E-state index in [-0.39, 0.29) is 34.2 Å². The summed E-state index contributed by atoms with van der Waals surface area (Å²) in [4.78, 5) is 37.6. The number of carbonyl (C=O) groups excluding carboxylic acids is 3. The third-order valence-electron chi connectivity index (χ3n) is 5.21. The van der Waals surface area contributed by atoms with E-state index in [9.17, 15) is 14.4 Å². The number of unbranched alkanes of at least 4 members (excludes halogenated alkanes) is 4. The smallest absolute Gasteiger partial charge is 0.331 e. The fourth-order valence-corrected chi connectivity index (χ4v) is 3.64. The van der Waals surface area contributed by atoms with Crippen molar-refractivity contribution in [1.82, 2.24) is 0 Å². The van der Waals surface area contributed by atoms with Gasteiger partial charge in [-0.25, -0.2) is 4.79 Å². The van der Waals surface area contributed by atoms with Gasteiger partial charge in [-0.2, -0.15) is 0 Å². The minimum Gasteiger partial charge on any atom is -0.496 e. The van der Waals surface area contributed by atoms with Gasteiger partial charge in [0.25, 0.3) is 0 Å². The highest BCUT2D eigenvalue weighted by atomic mass is 16.5. The highest BCUT2D eigenvalue weighted by Gasteiger charge is 2.32. The van der Waals surface area contributed by atoms with Gasteiger partial charge in [0.15, 0.2) is 11.6 Å². The Morgan fingerprint density at radius 1 is 0.968 bits per heavy atom. The first-order chi connectivity index (χ1) is 15.0. The van der Waals surface area contributed by atoms with E-state index in [2.05, 4.69) is 6.92 Å². The zero-order valence-corrected chi connectivity index (χ0v) is 18.9. The normalized spacial score (nSPS) is 13.9. The fourth-order valence-electron chi connectivity index (χ4n) is 3.64. The zero-order chi connectivity index (χ0) is 22.8. The summed E-state index contributed by atoms with van der Waals surface area (Å²) in [5.41, 5.74) is 0.860. The van der Waals surface area contributed by atoms with Crippen molar-refractivity contribution in [3.8, 4) is 11.5 Å². The van der Waals surface area contributed by atoms with Gasteiger partial charge < -0.3 is 14.2 Å². The molecule has 6 heteroatoms. The summed E-state index contributed by atoms with van der Waals surface area (Å²) in [5, 5.41) is 0. The minimum absolute atomic E-state index is 0.153. The molecule has 0 heterocycles. The van der Waals surface area contributed by atoms with Crippen molar-refractivity contribution in [3.05, 3.63) is 47.1 Å². The molecule has 0 saturated carbocycles. The van der Waals surface area contributed by atoms with Gasteiger partial charge in [0.05, 0.1) is 25.3 Å². The van der Waals surface area contributed by atoms with Crippen LogP contribution in [0.4, 0.5) is 0 Å². The van der Waals surface area contributed by atoms with Crippen LogP contribution >= 0.6 is 0 Å². The van der Waals surface area contributed by atoms with E-state index in [1.165, 1.54) is 32.4 Å². The van der Waals surface area contributed by atoms with Gasteiger partial charge in [-0.1, -0.05) is 45.6 Å². The van der Waals surface area contributed by atoms with E-state index in [0.717, 1.165) is 38.5 Å². The second-order valence-electron chi connectivity index (χ2n) is 7.48. The van der Waals surface area contributed by atoms with Crippen molar-refractivity contribution in [1.29, 1.82) is 0 Å². The number of ketones is 2. The molecule has 6 nitrogen and oxygen atoms in total. The van der Waals surface area contributed by atoms with Crippen LogP contribution in [0.1, 0.15) is 91.2 Å². The Balaban J connectivity index is 2.50. The number of benzene rings is 1. The van der Waals surface area contributed by atoms with E-state index in [1.54, 1.807) is 12.1 Å². The molecule has 168 valence electrons. The minimum atomic E-state index is -0.626. The van der Waals surface area contributed by atoms with Crippen LogP contribution in [-0.2, 0) is 9.53 Å². The van der Waals surface area contributed by atoms with Crippen molar-refractivity contribution in [3.63, 3.8) is 0 Å². The van der Waals surface area contributed by atoms with Crippen LogP contribution in [0, 0.1) is 0 Å². The summed E-state index contributed by atoms with van der Waals surface area (Å²) in [7, 11) is 2.89. The molecule has 0 spiro atoms. The average molecular weight is 429 g/mol. The van der Waals surface area contributed by atoms with Crippen LogP contribution < -0.4 is 9.47 Å². The van der Waals surface area contributed by atoms with E-state index >= 15 is 0 Å². The topological polar surface area (TPSA) is 78.9 Å². The Morgan fingerprint density at radius 3 is 2.29 bits per heavy atom. The molecule has 0 fully saturated rings. The first-order valence-corrected chi connectivity index (χ1v) is 10.9. The number of hydrogen-bond acceptors (Lipinski definition) is 6. The standard InChI is InChI=1S/C25H32O6/c1-5-7-9-11-12-20(31-22(28)13-10-8-6-2)17-16-21(29-3)23-18(26)14-15-19(27)24(23)25(17)30-4/h10,13-16,20H,5-9,11-12H2,1-4H3/b13-10+. The van der Waals surface area contributed by atoms with Crippen molar-refractivity contribution >= 4 is 17.5 Å². The molecule has 31 heavy (non-hydrogen) atoms. The highest BCUT2D eigenvalue weighted by molar-refractivity contribution is 6.24. The summed E-state index contributed by atoms with van der Waals surface area (Å²) in [6.07, 6.45) is 11.4. The molecule has 0 radical (unpaired) electrons. The number of carbonyl (C=O) groups is 3. The molecule has 0 N–H and O–H groups in total. The van der Waals surface area contributed by atoms with E-state index < -0.39 is 12.1 Å². The van der Waals surface area contributed by atoms with Gasteiger partial charge in [0, 0.05) is 11.6 Å². The molecule has 1 aliphatic rings. The van der Waals surface area contributed by atoms with Gasteiger partial charge in [0.2, 0.25) is 0 Å². The molecule has 0 bridgehead atoms. The fraction of sp³-hybridized carbons (Fsp3) is 0.480. The lowest BCUT2D eigenvalue weighted by atomic mass is 9.88. The van der Waals surface area contributed by atoms with Gasteiger partial charge >= 0.3 is 5.97 Å². The van der Waals surface area contributed by atoms with Gasteiger partial charge in [-0.3, -0.25) is 9.59 Å². The summed E-state index contributed by atoms with van der Waals surface area (Å²) in [6.45, 7) is 4.16. The lowest BCUT2D eigenvalue weighted by molar-refractivity contribution is -0.143. The largest absolute Gasteiger partial charge is 0.496 e. The van der Waals surface area contributed by atoms with Crippen LogP contribution in [0.25, 0.3) is 0 Å². The van der Waals surface area contributed by atoms with Crippen molar-refractivity contribution in [2.75, 3.05) is 14.2 Å². The maximum absolute atomic E-state index is 12.7. The maximum Gasteiger partial charge on any atom is 0.331 e. The van der Waals surface area contributed by atoms with E-state index in [4.69, 9.17) is 14.2 Å². The third kappa shape index (κ3) is 6.06. The van der Waals surface area contributed by atoms with E-state index in [1.807, 2.05) is 6.92 Å². The summed E-state index contributed by atoms with van der Waals surface area (Å²) in [6, 6.07) is 1.65. The molecule has 1 aromatic carbocycles. The molecule has 1 aromatic rings. The average Bonchev–Trinajstić information content (AvgIpc) is 2.77. The summed E-state index contributed by atoms with van der Waals surface area (Å²) >= 11 is 0. The SMILES string of the molecule is CCC/C=C/C(=O)OC(CCCCCC)c1cc(OC)c2c(c1OC)C(=O)C=CC2=O. The van der Waals surface area contributed by atoms with Gasteiger partial charge in [0.1, 0.15) is 17.6 Å². The quantitative estimate of drug-likeness (QED) is 0.247. The number of ether oxygens (including phenoxy) is 3. The Bertz CT molecular complexity index is 865. The first-order valence-electron chi connectivity index (χ1n) is 10.9. The maximum atomic E-state index is 12.7. The lowest BCUT2D eigenvalue weighted by Gasteiger charge is -2.24. The molecular formula is C25H32O6. The van der Waals surface area contributed by atoms with Crippen LogP contribution in [0.15, 0.2) is 30.4 Å². The van der Waals surface area contributed by atoms with Crippen molar-refractivity contribution in [2.45, 2.75) is 64.9 Å². The molecule has 0 amide bonds. The van der Waals surface area contributed by atoms with Crippen LogP contribution in [0.5, 0.6) is 11.5 Å². The van der Waals surface area contributed by atoms with Gasteiger partial charge in [-0.15, -0.1) is 0 Å². The Kier molecular flexibility index (Phi) is 9.50. The molecule has 2 rings (SSSR count). The zero-order valence-electron chi connectivity index (χ0n) is 18.9. The predicted octanol–water partition coefficient (Wildman–Crippen LogP) is 5.55. The number of hydrogen-bond donors (Lipinski definition) is 0. The van der Waals surface area contributed by atoms with E-state index in [0.29, 0.717) is 12.0 Å². The number of allylic oxidation sites excluding steroid dienone is 3.